The van der Waals surface area contributed by atoms with Gasteiger partial charge in [0.2, 0.25) is 0 Å². The van der Waals surface area contributed by atoms with Crippen LogP contribution in [0.25, 0.3) is 0 Å². The van der Waals surface area contributed by atoms with Gasteiger partial charge in [0.15, 0.2) is 0 Å². The molecule has 3 rings (SSSR count). The van der Waals surface area contributed by atoms with Gasteiger partial charge in [0.25, 0.3) is 0 Å². The molecule has 1 aliphatic carbocycles. The summed E-state index contributed by atoms with van der Waals surface area (Å²) in [6.45, 7) is 22.2. The minimum absolute atomic E-state index is 0.0183. The monoisotopic (exact) mass is 468 g/mol. The van der Waals surface area contributed by atoms with Crippen molar-refractivity contribution in [1.29, 1.82) is 0 Å². The first-order chi connectivity index (χ1) is 15.9. The predicted octanol–water partition coefficient (Wildman–Crippen LogP) is 8.38. The first kappa shape index (κ1) is 28.1. The highest BCUT2D eigenvalue weighted by molar-refractivity contribution is 6.14. The number of fused-ring (bicyclic) bond motifs is 1. The Bertz CT molecular complexity index is 681. The van der Waals surface area contributed by atoms with Crippen molar-refractivity contribution in [3.63, 3.8) is 0 Å². The Labute approximate surface area is 215 Å². The molecule has 0 bridgehead atoms. The number of rotatable bonds is 1. The lowest BCUT2D eigenvalue weighted by atomic mass is 9.63. The van der Waals surface area contributed by atoms with E-state index < -0.39 is 0 Å². The Kier molecular flexibility index (Phi) is 9.72. The molecule has 2 fully saturated rings. The Morgan fingerprint density at radius 3 is 2.29 bits per heavy atom. The third kappa shape index (κ3) is 7.53. The molecule has 0 N–H and O–H groups in total. The number of nitrogens with zero attached hydrogens (tertiary/aromatic N) is 2. The van der Waals surface area contributed by atoms with E-state index in [1.165, 1.54) is 83.7 Å². The van der Waals surface area contributed by atoms with E-state index in [1.807, 2.05) is 0 Å². The predicted molar refractivity (Wildman–Crippen MR) is 150 cm³/mol. The van der Waals surface area contributed by atoms with E-state index in [-0.39, 0.29) is 5.31 Å². The SMILES string of the molecule is [B]C1(C)CCCCCCC(N2CC(C)CN3/C(C)=C(/C)CCC(C)(C)CCC3C(C)CC2C)C1. The van der Waals surface area contributed by atoms with Crippen LogP contribution in [0, 0.1) is 17.3 Å². The lowest BCUT2D eigenvalue weighted by molar-refractivity contribution is 0.0911. The Balaban J connectivity index is 1.89. The molecule has 0 aromatic heterocycles. The molecule has 34 heavy (non-hydrogen) atoms. The zero-order valence-corrected chi connectivity index (χ0v) is 24.3. The van der Waals surface area contributed by atoms with Gasteiger partial charge in [-0.2, -0.15) is 0 Å². The fourth-order valence-corrected chi connectivity index (χ4v) is 7.44. The Morgan fingerprint density at radius 1 is 0.853 bits per heavy atom. The maximum Gasteiger partial charge on any atom is 0.0743 e. The molecule has 2 aliphatic heterocycles. The third-order valence-corrected chi connectivity index (χ3v) is 9.92. The average Bonchev–Trinajstić information content (AvgIpc) is 2.87. The van der Waals surface area contributed by atoms with Crippen molar-refractivity contribution in [2.75, 3.05) is 13.1 Å². The molecule has 2 radical (unpaired) electrons. The molecule has 2 heterocycles. The summed E-state index contributed by atoms with van der Waals surface area (Å²) < 4.78 is 0. The fourth-order valence-electron chi connectivity index (χ4n) is 7.44. The van der Waals surface area contributed by atoms with Crippen LogP contribution in [0.3, 0.4) is 0 Å². The quantitative estimate of drug-likeness (QED) is 0.357. The van der Waals surface area contributed by atoms with Crippen LogP contribution in [0.15, 0.2) is 11.3 Å². The summed E-state index contributed by atoms with van der Waals surface area (Å²) in [5.41, 5.74) is 3.65. The molecule has 0 aromatic rings. The zero-order chi connectivity index (χ0) is 25.1. The first-order valence-corrected chi connectivity index (χ1v) is 14.9. The fraction of sp³-hybridized carbons (Fsp3) is 0.935. The maximum absolute atomic E-state index is 6.88. The lowest BCUT2D eigenvalue weighted by Crippen LogP contribution is -2.46. The van der Waals surface area contributed by atoms with Crippen molar-refractivity contribution in [3.05, 3.63) is 11.3 Å². The first-order valence-electron chi connectivity index (χ1n) is 14.9. The van der Waals surface area contributed by atoms with Gasteiger partial charge in [-0.15, -0.1) is 0 Å². The number of hydrogen-bond acceptors (Lipinski definition) is 2. The van der Waals surface area contributed by atoms with Gasteiger partial charge >= 0.3 is 0 Å². The minimum atomic E-state index is -0.0183. The van der Waals surface area contributed by atoms with Crippen molar-refractivity contribution >= 4 is 7.85 Å². The van der Waals surface area contributed by atoms with Crippen LogP contribution >= 0.6 is 0 Å². The summed E-state index contributed by atoms with van der Waals surface area (Å²) in [6.07, 6.45) is 15.7. The maximum atomic E-state index is 6.88. The highest BCUT2D eigenvalue weighted by Crippen LogP contribution is 2.41. The summed E-state index contributed by atoms with van der Waals surface area (Å²) in [5.74, 6) is 1.38. The third-order valence-electron chi connectivity index (χ3n) is 9.92. The molecule has 2 nitrogen and oxygen atoms in total. The molecule has 3 heteroatoms. The second kappa shape index (κ2) is 11.7. The summed E-state index contributed by atoms with van der Waals surface area (Å²) >= 11 is 0. The second-order valence-corrected chi connectivity index (χ2v) is 14.1. The van der Waals surface area contributed by atoms with Gasteiger partial charge in [-0.1, -0.05) is 77.6 Å². The molecule has 0 aromatic carbocycles. The van der Waals surface area contributed by atoms with Crippen LogP contribution in [0.4, 0.5) is 0 Å². The molecular weight excluding hydrogens is 411 g/mol. The second-order valence-electron chi connectivity index (χ2n) is 14.1. The normalized spacial score (nSPS) is 41.9. The molecule has 0 spiro atoms. The van der Waals surface area contributed by atoms with Crippen LogP contribution in [0.1, 0.15) is 132 Å². The van der Waals surface area contributed by atoms with Gasteiger partial charge < -0.3 is 4.90 Å². The smallest absolute Gasteiger partial charge is 0.0743 e. The standard InChI is InChI=1S/C31H57BN2/c1-23-21-33(28-13-11-9-10-12-16-31(8,32)20-28)26(4)19-25(3)29-15-18-30(6,7)17-14-24(2)27(5)34(29)22-23/h23,25-26,28-29H,9-22H2,1-8H3/b27-24-. The summed E-state index contributed by atoms with van der Waals surface area (Å²) in [6, 6.07) is 1.93. The Morgan fingerprint density at radius 2 is 1.56 bits per heavy atom. The van der Waals surface area contributed by atoms with Crippen LogP contribution in [0.2, 0.25) is 5.31 Å². The largest absolute Gasteiger partial charge is 0.372 e. The number of allylic oxidation sites excluding steroid dienone is 2. The van der Waals surface area contributed by atoms with Crippen molar-refractivity contribution in [1.82, 2.24) is 9.80 Å². The van der Waals surface area contributed by atoms with Gasteiger partial charge in [0.05, 0.1) is 7.85 Å². The van der Waals surface area contributed by atoms with Crippen LogP contribution < -0.4 is 0 Å². The molecule has 6 atom stereocenters. The van der Waals surface area contributed by atoms with Gasteiger partial charge in [0, 0.05) is 36.9 Å². The van der Waals surface area contributed by atoms with E-state index in [0.717, 1.165) is 6.42 Å². The lowest BCUT2D eigenvalue weighted by Gasteiger charge is -2.42. The highest BCUT2D eigenvalue weighted by atomic mass is 15.2. The van der Waals surface area contributed by atoms with E-state index in [4.69, 9.17) is 7.85 Å². The molecule has 0 amide bonds. The van der Waals surface area contributed by atoms with Gasteiger partial charge in [-0.25, -0.2) is 0 Å². The average molecular weight is 469 g/mol. The van der Waals surface area contributed by atoms with Crippen molar-refractivity contribution in [2.24, 2.45) is 17.3 Å². The molecule has 6 unspecified atom stereocenters. The molecule has 1 saturated carbocycles. The van der Waals surface area contributed by atoms with Crippen molar-refractivity contribution in [3.8, 4) is 0 Å². The summed E-state index contributed by atoms with van der Waals surface area (Å²) in [5, 5.41) is -0.0183. The molecule has 194 valence electrons. The molecule has 1 saturated heterocycles. The minimum Gasteiger partial charge on any atom is -0.372 e. The summed E-state index contributed by atoms with van der Waals surface area (Å²) in [4.78, 5) is 5.80. The van der Waals surface area contributed by atoms with E-state index in [9.17, 15) is 0 Å². The van der Waals surface area contributed by atoms with Gasteiger partial charge in [-0.3, -0.25) is 4.90 Å². The summed E-state index contributed by atoms with van der Waals surface area (Å²) in [7, 11) is 6.88. The van der Waals surface area contributed by atoms with E-state index in [1.54, 1.807) is 11.3 Å². The van der Waals surface area contributed by atoms with Crippen LogP contribution in [-0.2, 0) is 0 Å². The van der Waals surface area contributed by atoms with Crippen LogP contribution in [-0.4, -0.2) is 48.9 Å². The van der Waals surface area contributed by atoms with E-state index >= 15 is 0 Å². The molecular formula is C31H57BN2. The van der Waals surface area contributed by atoms with E-state index in [2.05, 4.69) is 65.2 Å². The highest BCUT2D eigenvalue weighted by Gasteiger charge is 2.37. The van der Waals surface area contributed by atoms with E-state index in [0.29, 0.717) is 35.4 Å². The number of hydrogen-bond donors (Lipinski definition) is 0. The topological polar surface area (TPSA) is 6.48 Å². The zero-order valence-electron chi connectivity index (χ0n) is 24.3. The van der Waals surface area contributed by atoms with Crippen molar-refractivity contribution < 1.29 is 0 Å². The van der Waals surface area contributed by atoms with Gasteiger partial charge in [0.1, 0.15) is 0 Å². The van der Waals surface area contributed by atoms with Gasteiger partial charge in [-0.05, 0) is 83.0 Å². The van der Waals surface area contributed by atoms with Crippen LogP contribution in [0.5, 0.6) is 0 Å². The van der Waals surface area contributed by atoms with Crippen molar-refractivity contribution in [2.45, 2.75) is 156 Å². The Hall–Kier alpha value is -0.435. The molecule has 3 aliphatic rings.